The number of fused-ring (bicyclic) bond motifs is 1. The van der Waals surface area contributed by atoms with Gasteiger partial charge in [0.2, 0.25) is 12.3 Å². The molecule has 1 aliphatic rings. The minimum Gasteiger partial charge on any atom is -0.459 e. The van der Waals surface area contributed by atoms with Crippen molar-refractivity contribution >= 4 is 29.1 Å². The molecule has 9 heteroatoms. The Morgan fingerprint density at radius 3 is 2.73 bits per heavy atom. The lowest BCUT2D eigenvalue weighted by Gasteiger charge is -2.37. The van der Waals surface area contributed by atoms with Gasteiger partial charge in [-0.15, -0.1) is 0 Å². The summed E-state index contributed by atoms with van der Waals surface area (Å²) < 4.78 is 7.70. The zero-order chi connectivity index (χ0) is 24.1. The van der Waals surface area contributed by atoms with Crippen LogP contribution in [0.3, 0.4) is 0 Å². The molecule has 0 radical (unpaired) electrons. The molecule has 0 saturated carbocycles. The molecule has 0 spiro atoms. The topological polar surface area (TPSA) is 101 Å². The highest BCUT2D eigenvalue weighted by Crippen LogP contribution is 2.30. The van der Waals surface area contributed by atoms with Crippen LogP contribution >= 0.6 is 0 Å². The van der Waals surface area contributed by atoms with Gasteiger partial charge in [-0.1, -0.05) is 13.8 Å². The number of amides is 2. The average molecular weight is 454 g/mol. The molecule has 176 valence electrons. The van der Waals surface area contributed by atoms with Crippen LogP contribution in [0.15, 0.2) is 39.8 Å². The van der Waals surface area contributed by atoms with E-state index < -0.39 is 0 Å². The van der Waals surface area contributed by atoms with Crippen LogP contribution in [0.5, 0.6) is 0 Å². The molecule has 1 fully saturated rings. The third kappa shape index (κ3) is 5.31. The molecule has 9 nitrogen and oxygen atoms in total. The number of piperazine rings is 1. The molecule has 0 aromatic carbocycles. The molecule has 2 amide bonds. The number of carbonyl (C=O) groups is 2. The molecule has 1 atom stereocenters. The van der Waals surface area contributed by atoms with Gasteiger partial charge in [0.05, 0.1) is 11.9 Å². The van der Waals surface area contributed by atoms with Crippen molar-refractivity contribution in [3.8, 4) is 11.1 Å². The number of nitrogens with zero attached hydrogens (tertiary/aromatic N) is 4. The zero-order valence-corrected chi connectivity index (χ0v) is 19.8. The fraction of sp³-hybridized carbons (Fsp3) is 0.417. The van der Waals surface area contributed by atoms with E-state index >= 15 is 0 Å². The quantitative estimate of drug-likeness (QED) is 0.596. The molecule has 3 aromatic rings. The van der Waals surface area contributed by atoms with E-state index in [1.165, 1.54) is 11.5 Å². The van der Waals surface area contributed by atoms with Crippen molar-refractivity contribution < 1.29 is 14.0 Å². The minimum absolute atomic E-state index is 0.135. The lowest BCUT2D eigenvalue weighted by molar-refractivity contribution is -0.121. The Bertz CT molecular complexity index is 1200. The van der Waals surface area contributed by atoms with Gasteiger partial charge in [-0.25, -0.2) is 4.98 Å². The summed E-state index contributed by atoms with van der Waals surface area (Å²) in [6.45, 7) is 10.1. The first kappa shape index (κ1) is 24.2. The molecule has 1 saturated heterocycles. The Kier molecular flexibility index (Phi) is 7.65. The summed E-state index contributed by atoms with van der Waals surface area (Å²) in [5.74, 6) is 0.919. The maximum atomic E-state index is 12.8. The summed E-state index contributed by atoms with van der Waals surface area (Å²) in [5, 5.41) is 3.18. The van der Waals surface area contributed by atoms with Gasteiger partial charge in [0.1, 0.15) is 17.2 Å². The van der Waals surface area contributed by atoms with Gasteiger partial charge in [-0.2, -0.15) is 0 Å². The van der Waals surface area contributed by atoms with Crippen LogP contribution in [0.25, 0.3) is 22.1 Å². The molecule has 0 aliphatic carbocycles. The molecule has 4 rings (SSSR count). The van der Waals surface area contributed by atoms with Crippen LogP contribution in [0.1, 0.15) is 33.5 Å². The van der Waals surface area contributed by atoms with Crippen molar-refractivity contribution in [2.24, 2.45) is 7.05 Å². The van der Waals surface area contributed by atoms with Crippen LogP contribution in [0.2, 0.25) is 0 Å². The van der Waals surface area contributed by atoms with Crippen molar-refractivity contribution in [2.45, 2.75) is 40.3 Å². The number of nitrogens with one attached hydrogen (secondary N) is 1. The summed E-state index contributed by atoms with van der Waals surface area (Å²) in [6, 6.07) is 5.56. The van der Waals surface area contributed by atoms with E-state index in [9.17, 15) is 14.4 Å². The fourth-order valence-corrected chi connectivity index (χ4v) is 3.99. The minimum atomic E-state index is -0.209. The van der Waals surface area contributed by atoms with Crippen LogP contribution in [-0.2, 0) is 23.2 Å². The summed E-state index contributed by atoms with van der Waals surface area (Å²) in [7, 11) is 1.70. The summed E-state index contributed by atoms with van der Waals surface area (Å²) >= 11 is 0. The Morgan fingerprint density at radius 2 is 2.06 bits per heavy atom. The molecular weight excluding hydrogens is 422 g/mol. The highest BCUT2D eigenvalue weighted by atomic mass is 16.3. The zero-order valence-electron chi connectivity index (χ0n) is 19.8. The number of hydrogen-bond acceptors (Lipinski definition) is 6. The predicted molar refractivity (Wildman–Crippen MR) is 128 cm³/mol. The first-order chi connectivity index (χ1) is 15.9. The highest BCUT2D eigenvalue weighted by molar-refractivity contribution is 5.93. The van der Waals surface area contributed by atoms with Crippen molar-refractivity contribution in [1.82, 2.24) is 19.4 Å². The van der Waals surface area contributed by atoms with E-state index in [0.29, 0.717) is 42.2 Å². The van der Waals surface area contributed by atoms with Crippen molar-refractivity contribution in [1.29, 1.82) is 0 Å². The number of rotatable bonds is 5. The monoisotopic (exact) mass is 453 g/mol. The van der Waals surface area contributed by atoms with E-state index in [2.05, 4.69) is 22.1 Å². The SMILES string of the molecule is CC.CC(=O)Nc1cc(-c2cn(C)c(=O)c3cc(CN4CCN(C=O)CC4C)oc23)ccn1. The molecular formula is C24H31N5O4. The third-order valence-corrected chi connectivity index (χ3v) is 5.58. The van der Waals surface area contributed by atoms with E-state index in [1.807, 2.05) is 19.9 Å². The number of aromatic nitrogens is 2. The first-order valence-corrected chi connectivity index (χ1v) is 11.1. The predicted octanol–water partition coefficient (Wildman–Crippen LogP) is 2.84. The Balaban J connectivity index is 0.00000149. The molecule has 33 heavy (non-hydrogen) atoms. The molecule has 1 N–H and O–H groups in total. The molecule has 4 heterocycles. The first-order valence-electron chi connectivity index (χ1n) is 11.1. The Hall–Kier alpha value is -3.46. The van der Waals surface area contributed by atoms with Gasteiger partial charge in [0, 0.05) is 57.6 Å². The van der Waals surface area contributed by atoms with Crippen LogP contribution < -0.4 is 10.9 Å². The summed E-state index contributed by atoms with van der Waals surface area (Å²) in [4.78, 5) is 43.3. The molecule has 3 aromatic heterocycles. The molecule has 1 unspecified atom stereocenters. The van der Waals surface area contributed by atoms with E-state index in [-0.39, 0.29) is 17.5 Å². The maximum Gasteiger partial charge on any atom is 0.261 e. The van der Waals surface area contributed by atoms with Gasteiger partial charge >= 0.3 is 0 Å². The number of anilines is 1. The number of hydrogen-bond donors (Lipinski definition) is 1. The molecule has 0 bridgehead atoms. The lowest BCUT2D eigenvalue weighted by Crippen LogP contribution is -2.50. The number of pyridine rings is 2. The second kappa shape index (κ2) is 10.4. The van der Waals surface area contributed by atoms with Crippen molar-refractivity contribution in [3.63, 3.8) is 0 Å². The van der Waals surface area contributed by atoms with Crippen LogP contribution in [-0.4, -0.2) is 57.3 Å². The van der Waals surface area contributed by atoms with Gasteiger partial charge in [0.25, 0.3) is 5.56 Å². The Labute approximate surface area is 193 Å². The van der Waals surface area contributed by atoms with Crippen molar-refractivity contribution in [2.75, 3.05) is 25.0 Å². The van der Waals surface area contributed by atoms with Gasteiger partial charge in [0.15, 0.2) is 0 Å². The Morgan fingerprint density at radius 1 is 1.30 bits per heavy atom. The van der Waals surface area contributed by atoms with Crippen LogP contribution in [0.4, 0.5) is 5.82 Å². The van der Waals surface area contributed by atoms with Gasteiger partial charge in [-0.3, -0.25) is 19.3 Å². The third-order valence-electron chi connectivity index (χ3n) is 5.58. The number of carbonyl (C=O) groups excluding carboxylic acids is 2. The number of furan rings is 1. The lowest BCUT2D eigenvalue weighted by atomic mass is 10.1. The standard InChI is InChI=1S/C22H25N5O4.C2H6/c1-14-10-26(13-28)6-7-27(14)11-17-9-18-21(31-17)19(12-25(3)22(18)30)16-4-5-23-20(8-16)24-15(2)29;1-2/h4-5,8-9,12-14H,6-7,10-11H2,1-3H3,(H,23,24,29);1-2H3. The van der Waals surface area contributed by atoms with E-state index in [1.54, 1.807) is 36.5 Å². The largest absolute Gasteiger partial charge is 0.459 e. The van der Waals surface area contributed by atoms with E-state index in [0.717, 1.165) is 24.1 Å². The van der Waals surface area contributed by atoms with Gasteiger partial charge < -0.3 is 19.2 Å². The average Bonchev–Trinajstić information content (AvgIpc) is 3.23. The second-order valence-corrected chi connectivity index (χ2v) is 7.95. The van der Waals surface area contributed by atoms with Crippen molar-refractivity contribution in [3.05, 3.63) is 46.7 Å². The normalized spacial score (nSPS) is 16.3. The summed E-state index contributed by atoms with van der Waals surface area (Å²) in [6.07, 6.45) is 4.22. The summed E-state index contributed by atoms with van der Waals surface area (Å²) in [5.41, 5.74) is 1.91. The maximum absolute atomic E-state index is 12.8. The second-order valence-electron chi connectivity index (χ2n) is 7.95. The highest BCUT2D eigenvalue weighted by Gasteiger charge is 2.24. The number of aryl methyl sites for hydroxylation is 1. The van der Waals surface area contributed by atoms with Crippen LogP contribution in [0, 0.1) is 0 Å². The smallest absolute Gasteiger partial charge is 0.261 e. The molecule has 1 aliphatic heterocycles. The van der Waals surface area contributed by atoms with E-state index in [4.69, 9.17) is 4.42 Å². The van der Waals surface area contributed by atoms with Gasteiger partial charge in [-0.05, 0) is 30.7 Å². The fourth-order valence-electron chi connectivity index (χ4n) is 3.99.